The van der Waals surface area contributed by atoms with Crippen LogP contribution in [0.3, 0.4) is 0 Å². The molecule has 0 radical (unpaired) electrons. The fourth-order valence-electron chi connectivity index (χ4n) is 3.77. The van der Waals surface area contributed by atoms with Crippen molar-refractivity contribution in [2.45, 2.75) is 13.2 Å². The Morgan fingerprint density at radius 1 is 0.853 bits per heavy atom. The summed E-state index contributed by atoms with van der Waals surface area (Å²) in [5.74, 6) is 0. The van der Waals surface area contributed by atoms with E-state index in [1.54, 1.807) is 29.1 Å². The first kappa shape index (κ1) is 21.2. The van der Waals surface area contributed by atoms with E-state index in [2.05, 4.69) is 40.1 Å². The molecule has 34 heavy (non-hydrogen) atoms. The number of anilines is 1. The molecule has 7 heteroatoms. The summed E-state index contributed by atoms with van der Waals surface area (Å²) in [6.07, 6.45) is 0.940. The quantitative estimate of drug-likeness (QED) is 0.361. The number of carbonyl (C=O) groups is 1. The van der Waals surface area contributed by atoms with Crippen LogP contribution in [-0.4, -0.2) is 15.6 Å². The van der Waals surface area contributed by atoms with Crippen molar-refractivity contribution in [1.29, 1.82) is 0 Å². The lowest BCUT2D eigenvalue weighted by molar-refractivity contribution is 0.142. The van der Waals surface area contributed by atoms with Gasteiger partial charge >= 0.3 is 6.09 Å². The number of carbonyl (C=O) groups excluding carboxylic acids is 1. The second kappa shape index (κ2) is 9.46. The second-order valence-electron chi connectivity index (χ2n) is 7.90. The topological polar surface area (TPSA) is 85.3 Å². The van der Waals surface area contributed by atoms with Crippen LogP contribution >= 0.6 is 0 Å². The number of amides is 1. The summed E-state index contributed by atoms with van der Waals surface area (Å²) < 4.78 is 6.77. The number of nitrogens with one attached hydrogen (secondary N) is 2. The lowest BCUT2D eigenvalue weighted by Gasteiger charge is -2.11. The minimum atomic E-state index is -0.621. The SMILES string of the molecule is O=C(NNc1ccc2ncn(Cc3ccc4ccccc4c3)c(=O)c2c1)OCc1ccccc1. The Bertz CT molecular complexity index is 1530. The van der Waals surface area contributed by atoms with Crippen LogP contribution < -0.4 is 16.4 Å². The summed E-state index contributed by atoms with van der Waals surface area (Å²) >= 11 is 0. The highest BCUT2D eigenvalue weighted by Gasteiger charge is 2.08. The number of hydrogen-bond acceptors (Lipinski definition) is 5. The Morgan fingerprint density at radius 3 is 2.50 bits per heavy atom. The average Bonchev–Trinajstić information content (AvgIpc) is 2.88. The van der Waals surface area contributed by atoms with Gasteiger partial charge in [0.25, 0.3) is 5.56 Å². The van der Waals surface area contributed by atoms with Crippen molar-refractivity contribution < 1.29 is 9.53 Å². The Kier molecular flexibility index (Phi) is 5.90. The lowest BCUT2D eigenvalue weighted by atomic mass is 10.1. The molecule has 0 aliphatic carbocycles. The Hall–Kier alpha value is -4.65. The molecule has 0 aliphatic rings. The van der Waals surface area contributed by atoms with Crippen LogP contribution in [0.25, 0.3) is 21.7 Å². The molecule has 0 fully saturated rings. The van der Waals surface area contributed by atoms with Crippen LogP contribution in [0.4, 0.5) is 10.5 Å². The molecular weight excluding hydrogens is 428 g/mol. The third-order valence-electron chi connectivity index (χ3n) is 5.51. The highest BCUT2D eigenvalue weighted by atomic mass is 16.6. The zero-order chi connectivity index (χ0) is 23.3. The van der Waals surface area contributed by atoms with Gasteiger partial charge in [0, 0.05) is 0 Å². The molecule has 1 amide bonds. The number of rotatable bonds is 6. The third-order valence-corrected chi connectivity index (χ3v) is 5.51. The first-order chi connectivity index (χ1) is 16.7. The molecule has 0 unspecified atom stereocenters. The van der Waals surface area contributed by atoms with E-state index < -0.39 is 6.09 Å². The second-order valence-corrected chi connectivity index (χ2v) is 7.90. The van der Waals surface area contributed by atoms with Gasteiger partial charge < -0.3 is 4.74 Å². The molecule has 2 N–H and O–H groups in total. The fourth-order valence-corrected chi connectivity index (χ4v) is 3.77. The van der Waals surface area contributed by atoms with Crippen molar-refractivity contribution >= 4 is 33.5 Å². The van der Waals surface area contributed by atoms with Crippen molar-refractivity contribution in [3.05, 3.63) is 119 Å². The molecule has 4 aromatic carbocycles. The maximum Gasteiger partial charge on any atom is 0.426 e. The summed E-state index contributed by atoms with van der Waals surface area (Å²) in [5.41, 5.74) is 8.15. The van der Waals surface area contributed by atoms with Gasteiger partial charge in [0.2, 0.25) is 0 Å². The molecule has 0 atom stereocenters. The van der Waals surface area contributed by atoms with Gasteiger partial charge in [-0.1, -0.05) is 66.7 Å². The summed E-state index contributed by atoms with van der Waals surface area (Å²) in [6, 6.07) is 28.8. The van der Waals surface area contributed by atoms with E-state index in [1.807, 2.05) is 48.5 Å². The van der Waals surface area contributed by atoms with Crippen LogP contribution in [-0.2, 0) is 17.9 Å². The molecule has 0 saturated carbocycles. The van der Waals surface area contributed by atoms with Crippen molar-refractivity contribution in [2.75, 3.05) is 5.43 Å². The number of hydrogen-bond donors (Lipinski definition) is 2. The van der Waals surface area contributed by atoms with Crippen LogP contribution in [0.5, 0.6) is 0 Å². The van der Waals surface area contributed by atoms with E-state index in [0.29, 0.717) is 23.1 Å². The van der Waals surface area contributed by atoms with Crippen molar-refractivity contribution in [1.82, 2.24) is 15.0 Å². The van der Waals surface area contributed by atoms with Crippen LogP contribution in [0.15, 0.2) is 102 Å². The van der Waals surface area contributed by atoms with Crippen molar-refractivity contribution in [2.24, 2.45) is 0 Å². The van der Waals surface area contributed by atoms with Gasteiger partial charge in [0.15, 0.2) is 0 Å². The lowest BCUT2D eigenvalue weighted by Crippen LogP contribution is -2.30. The predicted molar refractivity (Wildman–Crippen MR) is 132 cm³/mol. The van der Waals surface area contributed by atoms with E-state index >= 15 is 0 Å². The highest BCUT2D eigenvalue weighted by Crippen LogP contribution is 2.17. The molecular formula is C27H22N4O3. The first-order valence-corrected chi connectivity index (χ1v) is 10.9. The molecule has 5 rings (SSSR count). The van der Waals surface area contributed by atoms with Crippen LogP contribution in [0, 0.1) is 0 Å². The zero-order valence-corrected chi connectivity index (χ0v) is 18.3. The molecule has 7 nitrogen and oxygen atoms in total. The number of fused-ring (bicyclic) bond motifs is 2. The van der Waals surface area contributed by atoms with Gasteiger partial charge in [-0.3, -0.25) is 14.8 Å². The molecule has 5 aromatic rings. The molecule has 168 valence electrons. The van der Waals surface area contributed by atoms with E-state index in [9.17, 15) is 9.59 Å². The van der Waals surface area contributed by atoms with E-state index in [1.165, 1.54) is 0 Å². The maximum atomic E-state index is 13.1. The monoisotopic (exact) mass is 450 g/mol. The number of aromatic nitrogens is 2. The van der Waals surface area contributed by atoms with Crippen molar-refractivity contribution in [3.8, 4) is 0 Å². The number of hydrazine groups is 1. The molecule has 0 saturated heterocycles. The van der Waals surface area contributed by atoms with E-state index in [-0.39, 0.29) is 12.2 Å². The molecule has 0 spiro atoms. The van der Waals surface area contributed by atoms with Gasteiger partial charge in [-0.25, -0.2) is 15.2 Å². The summed E-state index contributed by atoms with van der Waals surface area (Å²) in [4.78, 5) is 29.5. The Morgan fingerprint density at radius 2 is 1.65 bits per heavy atom. The normalized spacial score (nSPS) is 10.8. The standard InChI is InChI=1S/C27H22N4O3/c32-26-24-15-23(29-30-27(33)34-17-19-6-2-1-3-7-19)12-13-25(24)28-18-31(26)16-20-10-11-21-8-4-5-9-22(21)14-20/h1-15,18,29H,16-17H2,(H,30,33). The molecule has 1 heterocycles. The molecule has 0 aliphatic heterocycles. The Labute approximate surface area is 195 Å². The van der Waals surface area contributed by atoms with Gasteiger partial charge in [-0.15, -0.1) is 0 Å². The van der Waals surface area contributed by atoms with Crippen LogP contribution in [0.2, 0.25) is 0 Å². The van der Waals surface area contributed by atoms with Gasteiger partial charge in [-0.05, 0) is 46.2 Å². The minimum Gasteiger partial charge on any atom is -0.443 e. The maximum absolute atomic E-state index is 13.1. The van der Waals surface area contributed by atoms with Crippen molar-refractivity contribution in [3.63, 3.8) is 0 Å². The third kappa shape index (κ3) is 4.73. The molecule has 1 aromatic heterocycles. The largest absolute Gasteiger partial charge is 0.443 e. The zero-order valence-electron chi connectivity index (χ0n) is 18.3. The smallest absolute Gasteiger partial charge is 0.426 e. The van der Waals surface area contributed by atoms with Gasteiger partial charge in [0.05, 0.1) is 29.5 Å². The van der Waals surface area contributed by atoms with Gasteiger partial charge in [0.1, 0.15) is 6.61 Å². The summed E-state index contributed by atoms with van der Waals surface area (Å²) in [5, 5.41) is 2.73. The summed E-state index contributed by atoms with van der Waals surface area (Å²) in [6.45, 7) is 0.573. The van der Waals surface area contributed by atoms with E-state index in [4.69, 9.17) is 4.74 Å². The minimum absolute atomic E-state index is 0.159. The number of nitrogens with zero attached hydrogens (tertiary/aromatic N) is 2. The Balaban J connectivity index is 1.29. The number of benzene rings is 4. The first-order valence-electron chi connectivity index (χ1n) is 10.9. The van der Waals surface area contributed by atoms with E-state index in [0.717, 1.165) is 21.9 Å². The van der Waals surface area contributed by atoms with Gasteiger partial charge in [-0.2, -0.15) is 0 Å². The predicted octanol–water partition coefficient (Wildman–Crippen LogP) is 4.85. The average molecular weight is 450 g/mol. The summed E-state index contributed by atoms with van der Waals surface area (Å²) in [7, 11) is 0. The van der Waals surface area contributed by atoms with Crippen LogP contribution in [0.1, 0.15) is 11.1 Å². The fraction of sp³-hybridized carbons (Fsp3) is 0.0741. The molecule has 0 bridgehead atoms. The highest BCUT2D eigenvalue weighted by molar-refractivity contribution is 5.83. The number of ether oxygens (including phenoxy) is 1.